The van der Waals surface area contributed by atoms with Crippen LogP contribution in [0.3, 0.4) is 0 Å². The lowest BCUT2D eigenvalue weighted by Crippen LogP contribution is -2.10. The lowest BCUT2D eigenvalue weighted by molar-refractivity contribution is 1.05. The molecule has 0 radical (unpaired) electrons. The maximum absolute atomic E-state index is 5.13. The lowest BCUT2D eigenvalue weighted by atomic mass is 9.97. The Balaban J connectivity index is 1.01. The normalized spacial score (nSPS) is 11.4. The molecule has 0 aliphatic heterocycles. The van der Waals surface area contributed by atoms with E-state index in [0.29, 0.717) is 0 Å². The van der Waals surface area contributed by atoms with Gasteiger partial charge in [-0.15, -0.1) is 0 Å². The molecule has 0 aliphatic rings. The summed E-state index contributed by atoms with van der Waals surface area (Å²) in [5.41, 5.74) is 14.8. The topological polar surface area (TPSA) is 34.0 Å². The van der Waals surface area contributed by atoms with Gasteiger partial charge in [-0.05, 0) is 108 Å². The van der Waals surface area contributed by atoms with E-state index >= 15 is 0 Å². The van der Waals surface area contributed by atoms with Crippen molar-refractivity contribution >= 4 is 49.8 Å². The Morgan fingerprint density at radius 1 is 0.418 bits per heavy atom. The molecule has 10 rings (SSSR count). The maximum atomic E-state index is 5.13. The molecule has 0 saturated heterocycles. The Morgan fingerprint density at radius 2 is 0.964 bits per heavy atom. The number of nitrogens with zero attached hydrogens (tertiary/aromatic N) is 4. The molecule has 0 N–H and O–H groups in total. The molecule has 0 spiro atoms. The molecule has 4 heteroatoms. The van der Waals surface area contributed by atoms with Crippen LogP contribution in [0.1, 0.15) is 5.69 Å². The van der Waals surface area contributed by atoms with Crippen LogP contribution in [0.4, 0.5) is 17.1 Å². The predicted molar refractivity (Wildman–Crippen MR) is 230 cm³/mol. The zero-order chi connectivity index (χ0) is 36.7. The van der Waals surface area contributed by atoms with Gasteiger partial charge in [0.25, 0.3) is 0 Å². The van der Waals surface area contributed by atoms with Gasteiger partial charge in [-0.3, -0.25) is 0 Å². The van der Waals surface area contributed by atoms with Gasteiger partial charge in [0, 0.05) is 45.0 Å². The van der Waals surface area contributed by atoms with Gasteiger partial charge in [0.2, 0.25) is 0 Å². The Labute approximate surface area is 320 Å². The fourth-order valence-corrected chi connectivity index (χ4v) is 7.88. The molecule has 2 aromatic heterocycles. The third kappa shape index (κ3) is 5.91. The zero-order valence-electron chi connectivity index (χ0n) is 30.3. The van der Waals surface area contributed by atoms with Crippen molar-refractivity contribution in [1.82, 2.24) is 14.5 Å². The molecule has 0 atom stereocenters. The molecular formula is C51H36N4. The molecule has 55 heavy (non-hydrogen) atoms. The fourth-order valence-electron chi connectivity index (χ4n) is 7.88. The van der Waals surface area contributed by atoms with Crippen molar-refractivity contribution in [3.63, 3.8) is 0 Å². The van der Waals surface area contributed by atoms with Crippen LogP contribution < -0.4 is 4.90 Å². The number of benzene rings is 8. The number of rotatable bonds is 7. The minimum atomic E-state index is 0.866. The average molecular weight is 705 g/mol. The summed E-state index contributed by atoms with van der Waals surface area (Å²) >= 11 is 0. The van der Waals surface area contributed by atoms with Crippen molar-refractivity contribution in [1.29, 1.82) is 0 Å². The van der Waals surface area contributed by atoms with Crippen molar-refractivity contribution in [2.75, 3.05) is 4.90 Å². The van der Waals surface area contributed by atoms with E-state index < -0.39 is 0 Å². The number of fused-ring (bicyclic) bond motifs is 3. The van der Waals surface area contributed by atoms with E-state index in [4.69, 9.17) is 9.97 Å². The minimum absolute atomic E-state index is 0.866. The van der Waals surface area contributed by atoms with Crippen molar-refractivity contribution in [3.8, 4) is 39.3 Å². The molecule has 0 fully saturated rings. The van der Waals surface area contributed by atoms with E-state index in [-0.39, 0.29) is 0 Å². The largest absolute Gasteiger partial charge is 0.314 e. The summed E-state index contributed by atoms with van der Waals surface area (Å²) < 4.78 is 2.35. The van der Waals surface area contributed by atoms with Crippen LogP contribution in [0, 0.1) is 6.92 Å². The molecule has 8 aromatic carbocycles. The highest BCUT2D eigenvalue weighted by molar-refractivity contribution is 5.99. The summed E-state index contributed by atoms with van der Waals surface area (Å²) in [7, 11) is 0. The van der Waals surface area contributed by atoms with Gasteiger partial charge in [-0.1, -0.05) is 121 Å². The molecule has 0 aliphatic carbocycles. The standard InChI is InChI=1S/C51H36N4/c1-35-33-40-34-39(46-20-12-16-36-13-8-9-19-45(36)46)25-32-49(40)54(35)42-28-30-44(31-29-42)55(41-17-6-3-7-18-41)43-26-23-38(24-27-43)51-50(37-14-4-2-5-15-37)52-47-21-10-11-22-48(47)53-51/h2-34H,1H3. The monoisotopic (exact) mass is 704 g/mol. The van der Waals surface area contributed by atoms with Gasteiger partial charge in [-0.2, -0.15) is 0 Å². The Hall–Kier alpha value is -7.30. The highest BCUT2D eigenvalue weighted by Crippen LogP contribution is 2.39. The van der Waals surface area contributed by atoms with Gasteiger partial charge >= 0.3 is 0 Å². The quantitative estimate of drug-likeness (QED) is 0.166. The second-order valence-electron chi connectivity index (χ2n) is 13.9. The lowest BCUT2D eigenvalue weighted by Gasteiger charge is -2.26. The van der Waals surface area contributed by atoms with E-state index in [2.05, 4.69) is 174 Å². The van der Waals surface area contributed by atoms with Gasteiger partial charge in [0.1, 0.15) is 0 Å². The maximum Gasteiger partial charge on any atom is 0.0973 e. The van der Waals surface area contributed by atoms with Crippen molar-refractivity contribution in [2.45, 2.75) is 6.92 Å². The Morgan fingerprint density at radius 3 is 1.67 bits per heavy atom. The number of hydrogen-bond acceptors (Lipinski definition) is 3. The molecule has 0 unspecified atom stereocenters. The third-order valence-corrected chi connectivity index (χ3v) is 10.5. The van der Waals surface area contributed by atoms with E-state index in [1.165, 1.54) is 38.5 Å². The van der Waals surface area contributed by atoms with E-state index in [1.807, 2.05) is 42.5 Å². The fraction of sp³-hybridized carbons (Fsp3) is 0.0196. The zero-order valence-corrected chi connectivity index (χ0v) is 30.3. The number of para-hydroxylation sites is 3. The predicted octanol–water partition coefficient (Wildman–Crippen LogP) is 13.5. The number of aromatic nitrogens is 3. The summed E-state index contributed by atoms with van der Waals surface area (Å²) in [6.45, 7) is 2.19. The second-order valence-corrected chi connectivity index (χ2v) is 13.9. The average Bonchev–Trinajstić information content (AvgIpc) is 3.59. The number of hydrogen-bond donors (Lipinski definition) is 0. The van der Waals surface area contributed by atoms with Crippen LogP contribution in [-0.4, -0.2) is 14.5 Å². The highest BCUT2D eigenvalue weighted by atomic mass is 15.1. The van der Waals surface area contributed by atoms with Crippen molar-refractivity contribution < 1.29 is 0 Å². The highest BCUT2D eigenvalue weighted by Gasteiger charge is 2.17. The van der Waals surface area contributed by atoms with Crippen LogP contribution in [0.15, 0.2) is 200 Å². The third-order valence-electron chi connectivity index (χ3n) is 10.5. The van der Waals surface area contributed by atoms with Gasteiger partial charge in [-0.25, -0.2) is 9.97 Å². The summed E-state index contributed by atoms with van der Waals surface area (Å²) in [5, 5.41) is 3.75. The van der Waals surface area contributed by atoms with Crippen LogP contribution in [-0.2, 0) is 0 Å². The molecule has 260 valence electrons. The van der Waals surface area contributed by atoms with Crippen LogP contribution in [0.5, 0.6) is 0 Å². The van der Waals surface area contributed by atoms with E-state index in [9.17, 15) is 0 Å². The molecular weight excluding hydrogens is 669 g/mol. The molecule has 10 aromatic rings. The number of aryl methyl sites for hydroxylation is 1. The van der Waals surface area contributed by atoms with Crippen LogP contribution >= 0.6 is 0 Å². The van der Waals surface area contributed by atoms with Gasteiger partial charge in [0.15, 0.2) is 0 Å². The Bertz CT molecular complexity index is 2960. The second kappa shape index (κ2) is 13.6. The first kappa shape index (κ1) is 32.4. The summed E-state index contributed by atoms with van der Waals surface area (Å²) in [5.74, 6) is 0. The summed E-state index contributed by atoms with van der Waals surface area (Å²) in [4.78, 5) is 12.5. The van der Waals surface area contributed by atoms with Gasteiger partial charge in [0.05, 0.1) is 27.9 Å². The van der Waals surface area contributed by atoms with Crippen molar-refractivity contribution in [3.05, 3.63) is 206 Å². The Kier molecular flexibility index (Phi) is 8.00. The molecule has 0 saturated carbocycles. The minimum Gasteiger partial charge on any atom is -0.314 e. The van der Waals surface area contributed by atoms with Crippen LogP contribution in [0.25, 0.3) is 72.0 Å². The number of anilines is 3. The smallest absolute Gasteiger partial charge is 0.0973 e. The van der Waals surface area contributed by atoms with E-state index in [1.54, 1.807) is 0 Å². The first-order chi connectivity index (χ1) is 27.2. The molecule has 0 amide bonds. The van der Waals surface area contributed by atoms with E-state index in [0.717, 1.165) is 56.3 Å². The summed E-state index contributed by atoms with van der Waals surface area (Å²) in [6, 6.07) is 70.8. The van der Waals surface area contributed by atoms with Crippen molar-refractivity contribution in [2.24, 2.45) is 0 Å². The van der Waals surface area contributed by atoms with Crippen LogP contribution in [0.2, 0.25) is 0 Å². The SMILES string of the molecule is Cc1cc2cc(-c3cccc4ccccc34)ccc2n1-c1ccc(N(c2ccccc2)c2ccc(-c3nc4ccccc4nc3-c3ccccc3)cc2)cc1. The first-order valence-electron chi connectivity index (χ1n) is 18.7. The molecule has 4 nitrogen and oxygen atoms in total. The molecule has 0 bridgehead atoms. The molecule has 2 heterocycles. The summed E-state index contributed by atoms with van der Waals surface area (Å²) in [6.07, 6.45) is 0. The van der Waals surface area contributed by atoms with Gasteiger partial charge < -0.3 is 9.47 Å². The first-order valence-corrected chi connectivity index (χ1v) is 18.7.